The Kier molecular flexibility index (Phi) is 22.8. The maximum absolute atomic E-state index is 14.6. The summed E-state index contributed by atoms with van der Waals surface area (Å²) < 4.78 is 29.9. The number of rotatable bonds is 8. The van der Waals surface area contributed by atoms with Crippen LogP contribution in [0.3, 0.4) is 0 Å². The van der Waals surface area contributed by atoms with E-state index < -0.39 is 77.8 Å². The lowest BCUT2D eigenvalue weighted by Crippen LogP contribution is -2.61. The first-order valence-corrected chi connectivity index (χ1v) is 24.9. The smallest absolute Gasteiger partial charge is 0.329 e. The lowest BCUT2D eigenvalue weighted by Gasteiger charge is -2.42. The lowest BCUT2D eigenvalue weighted by atomic mass is 9.77. The molecule has 0 radical (unpaired) electrons. The summed E-state index contributed by atoms with van der Waals surface area (Å²) in [6.45, 7) is 13.1. The highest BCUT2D eigenvalue weighted by Gasteiger charge is 2.53. The molecule has 2 saturated heterocycles. The van der Waals surface area contributed by atoms with Crippen LogP contribution in [0.5, 0.6) is 0 Å². The highest BCUT2D eigenvalue weighted by atomic mass is 16.6. The van der Waals surface area contributed by atoms with Gasteiger partial charge in [-0.1, -0.05) is 81.3 Å². The number of oxime groups is 1. The van der Waals surface area contributed by atoms with Gasteiger partial charge in [0.05, 0.1) is 30.1 Å². The van der Waals surface area contributed by atoms with E-state index in [9.17, 15) is 29.4 Å². The number of hydrogen-bond donors (Lipinski definition) is 2. The third kappa shape index (κ3) is 15.4. The zero-order valence-electron chi connectivity index (χ0n) is 43.0. The molecule has 3 heterocycles. The monoisotopic (exact) mass is 968 g/mol. The van der Waals surface area contributed by atoms with Crippen molar-refractivity contribution >= 4 is 29.2 Å². The van der Waals surface area contributed by atoms with Crippen molar-refractivity contribution in [2.45, 2.75) is 180 Å². The number of aliphatic hydroxyl groups is 2. The summed E-state index contributed by atoms with van der Waals surface area (Å²) in [5.74, 6) is -7.19. The number of nitrogens with zero attached hydrogens (tertiary/aromatic N) is 5. The Labute approximate surface area is 409 Å². The molecule has 2 N–H and O–H groups in total. The summed E-state index contributed by atoms with van der Waals surface area (Å²) in [5, 5.41) is 32.0. The van der Waals surface area contributed by atoms with Crippen molar-refractivity contribution in [2.24, 2.45) is 45.8 Å². The number of methoxy groups -OCH3 is 3. The quantitative estimate of drug-likeness (QED) is 0.0450. The van der Waals surface area contributed by atoms with Crippen molar-refractivity contribution < 1.29 is 57.9 Å². The molecule has 69 heavy (non-hydrogen) atoms. The minimum absolute atomic E-state index is 0.0269. The maximum atomic E-state index is 14.6. The van der Waals surface area contributed by atoms with Gasteiger partial charge in [-0.3, -0.25) is 14.4 Å². The molecular weight excluding hydrogens is 887 g/mol. The lowest BCUT2D eigenvalue weighted by molar-refractivity contribution is -0.265. The molecule has 15 atom stereocenters. The van der Waals surface area contributed by atoms with E-state index in [-0.39, 0.29) is 55.1 Å². The van der Waals surface area contributed by atoms with Crippen molar-refractivity contribution in [1.29, 1.82) is 0 Å². The Morgan fingerprint density at radius 1 is 0.913 bits per heavy atom. The first-order chi connectivity index (χ1) is 32.8. The van der Waals surface area contributed by atoms with E-state index in [1.54, 1.807) is 34.1 Å². The minimum Gasteiger partial charge on any atom is -0.460 e. The molecule has 1 saturated carbocycles. The Morgan fingerprint density at radius 2 is 1.65 bits per heavy atom. The van der Waals surface area contributed by atoms with Gasteiger partial charge in [0, 0.05) is 63.4 Å². The average molecular weight is 968 g/mol. The highest BCUT2D eigenvalue weighted by molar-refractivity contribution is 6.39. The second kappa shape index (κ2) is 27.4. The fourth-order valence-corrected chi connectivity index (χ4v) is 10.6. The number of hydrogen-bond acceptors (Lipinski definition) is 14. The van der Waals surface area contributed by atoms with E-state index >= 15 is 0 Å². The standard InChI is InChI=1S/C52H81N5O12/c1-31-17-13-12-14-18-32(2)43(64-8)29-39-22-20-37(7)52(63,69-39)49(60)50(61)57-24-16-15-19-42(57)51(62)68-44(34(4)27-38-21-23-40(54-56-53)45(28-38)65-9)30-41(55-67-11)33(3)26-36(6)47(59)48(66-10)46(58)35(5)25-31/h12-14,17-18,26,31,33-35,37-40,42-45,47-48,59,63H,15-16,19-25,27-30H2,1-11H3/b14-12+,17-13+,32-18+,36-26+,55-41-/t31-,33-,34-,35-,37-,38+,39+,40+,42+,43+,44+,45-,47-,48+,52-/m1/s1. The fourth-order valence-electron chi connectivity index (χ4n) is 10.6. The van der Waals surface area contributed by atoms with Crippen LogP contribution in [-0.2, 0) is 47.7 Å². The Bertz CT molecular complexity index is 1950. The predicted molar refractivity (Wildman–Crippen MR) is 262 cm³/mol. The van der Waals surface area contributed by atoms with E-state index in [1.165, 1.54) is 19.1 Å². The topological polar surface area (TPSA) is 228 Å². The van der Waals surface area contributed by atoms with E-state index in [0.29, 0.717) is 69.1 Å². The van der Waals surface area contributed by atoms with Crippen molar-refractivity contribution in [1.82, 2.24) is 4.90 Å². The van der Waals surface area contributed by atoms with Gasteiger partial charge in [-0.25, -0.2) is 4.79 Å². The Balaban J connectivity index is 1.75. The molecule has 0 unspecified atom stereocenters. The number of ketones is 2. The summed E-state index contributed by atoms with van der Waals surface area (Å²) in [5.41, 5.74) is 11.0. The van der Waals surface area contributed by atoms with E-state index in [0.717, 1.165) is 12.0 Å². The summed E-state index contributed by atoms with van der Waals surface area (Å²) in [4.78, 5) is 66.7. The number of azide groups is 1. The van der Waals surface area contributed by atoms with Crippen molar-refractivity contribution in [2.75, 3.05) is 35.0 Å². The first-order valence-electron chi connectivity index (χ1n) is 24.9. The number of Topliss-reactive ketones (excluding diaryl/α,β-unsaturated/α-hetero) is 2. The van der Waals surface area contributed by atoms with Gasteiger partial charge in [-0.15, -0.1) is 0 Å². The highest BCUT2D eigenvalue weighted by Crippen LogP contribution is 2.38. The molecule has 17 nitrogen and oxygen atoms in total. The number of aliphatic hydroxyl groups excluding tert-OH is 1. The molecular formula is C52H81N5O12. The van der Waals surface area contributed by atoms with Gasteiger partial charge in [0.2, 0.25) is 5.79 Å². The fraction of sp³-hybridized carbons (Fsp3) is 0.750. The van der Waals surface area contributed by atoms with Crippen molar-refractivity contribution in [3.05, 3.63) is 58.0 Å². The van der Waals surface area contributed by atoms with Crippen LogP contribution in [0, 0.1) is 35.5 Å². The van der Waals surface area contributed by atoms with Gasteiger partial charge in [-0.05, 0) is 112 Å². The molecule has 0 aromatic rings. The van der Waals surface area contributed by atoms with Crippen LogP contribution < -0.4 is 0 Å². The van der Waals surface area contributed by atoms with Crippen molar-refractivity contribution in [3.63, 3.8) is 0 Å². The van der Waals surface area contributed by atoms with Crippen LogP contribution in [0.25, 0.3) is 10.4 Å². The van der Waals surface area contributed by atoms with Crippen LogP contribution in [-0.4, -0.2) is 134 Å². The van der Waals surface area contributed by atoms with E-state index in [4.69, 9.17) is 34.1 Å². The number of allylic oxidation sites excluding steroid dienone is 6. The third-order valence-corrected chi connectivity index (χ3v) is 14.9. The number of fused-ring (bicyclic) bond motifs is 3. The maximum Gasteiger partial charge on any atom is 0.329 e. The number of carbonyl (C=O) groups is 4. The summed E-state index contributed by atoms with van der Waals surface area (Å²) >= 11 is 0. The number of piperidine rings is 1. The second-order valence-corrected chi connectivity index (χ2v) is 20.1. The summed E-state index contributed by atoms with van der Waals surface area (Å²) in [6.07, 6.45) is 12.8. The zero-order chi connectivity index (χ0) is 51.0. The third-order valence-electron chi connectivity index (χ3n) is 14.9. The van der Waals surface area contributed by atoms with Gasteiger partial charge in [-0.2, -0.15) is 0 Å². The van der Waals surface area contributed by atoms with E-state index in [1.807, 2.05) is 65.0 Å². The summed E-state index contributed by atoms with van der Waals surface area (Å²) in [6, 6.07) is -1.41. The molecule has 4 rings (SSSR count). The summed E-state index contributed by atoms with van der Waals surface area (Å²) in [7, 11) is 6.01. The molecule has 0 spiro atoms. The molecule has 17 heteroatoms. The number of amides is 1. The molecule has 2 bridgehead atoms. The number of carbonyl (C=O) groups excluding carboxylic acids is 4. The molecule has 3 aliphatic heterocycles. The Hall–Kier alpha value is -4.22. The van der Waals surface area contributed by atoms with Crippen LogP contribution in [0.2, 0.25) is 0 Å². The zero-order valence-corrected chi connectivity index (χ0v) is 43.0. The average Bonchev–Trinajstić information content (AvgIpc) is 3.33. The minimum atomic E-state index is -2.43. The van der Waals surface area contributed by atoms with Gasteiger partial charge in [0.25, 0.3) is 11.7 Å². The molecule has 1 aliphatic carbocycles. The number of esters is 1. The van der Waals surface area contributed by atoms with Gasteiger partial charge in [0.15, 0.2) is 5.78 Å². The molecule has 3 fully saturated rings. The van der Waals surface area contributed by atoms with Crippen LogP contribution in [0.4, 0.5) is 0 Å². The van der Waals surface area contributed by atoms with Gasteiger partial charge in [0.1, 0.15) is 31.5 Å². The molecule has 0 aromatic heterocycles. The molecule has 386 valence electrons. The van der Waals surface area contributed by atoms with Gasteiger partial charge < -0.3 is 43.6 Å². The van der Waals surface area contributed by atoms with Crippen LogP contribution >= 0.6 is 0 Å². The van der Waals surface area contributed by atoms with Crippen LogP contribution in [0.1, 0.15) is 126 Å². The van der Waals surface area contributed by atoms with Crippen LogP contribution in [0.15, 0.2) is 57.9 Å². The number of ether oxygens (including phenoxy) is 5. The predicted octanol–water partition coefficient (Wildman–Crippen LogP) is 7.93. The molecule has 4 aliphatic rings. The SMILES string of the molecule is CO/N=C1/C[C@@H]([C@H](C)C[C@@H]2CC[C@H](N=[N+]=[N-])[C@H](OC)C2)OC(=O)[C@@H]2CCCCN2C(=O)C(=O)[C@]2(O)O[C@@H](CC[C@H]2C)C[C@H](OC)/C(C)=C/C=C/C=C/[C@@H](C)C[C@@H](C)C(=O)[C@H](OC)[C@H](O)/C(C)=C/[C@H]1C. The molecule has 0 aromatic carbocycles. The van der Waals surface area contributed by atoms with Crippen molar-refractivity contribution in [3.8, 4) is 0 Å². The first kappa shape index (κ1) is 57.4. The number of cyclic esters (lactones) is 1. The van der Waals surface area contributed by atoms with E-state index in [2.05, 4.69) is 15.2 Å². The largest absolute Gasteiger partial charge is 0.460 e. The second-order valence-electron chi connectivity index (χ2n) is 20.1. The Morgan fingerprint density at radius 3 is 2.32 bits per heavy atom. The van der Waals surface area contributed by atoms with Gasteiger partial charge >= 0.3 is 5.97 Å². The normalized spacial score (nSPS) is 39.1. The molecule has 1 amide bonds.